The quantitative estimate of drug-likeness (QED) is 0.806. The van der Waals surface area contributed by atoms with E-state index in [9.17, 15) is 4.79 Å². The van der Waals surface area contributed by atoms with Gasteiger partial charge >= 0.3 is 0 Å². The van der Waals surface area contributed by atoms with Crippen molar-refractivity contribution < 1.29 is 0 Å². The summed E-state index contributed by atoms with van der Waals surface area (Å²) < 4.78 is 1.94. The number of rotatable bonds is 3. The molecule has 3 heterocycles. The molecule has 1 fully saturated rings. The number of nitrogens with zero attached hydrogens (tertiary/aromatic N) is 4. The SMILES string of the molecule is Cc1cccnc1Cc1nc2c(cnn2C2CCCC2)c(=O)[nH]1. The van der Waals surface area contributed by atoms with Gasteiger partial charge in [0.15, 0.2) is 5.65 Å². The average Bonchev–Trinajstić information content (AvgIpc) is 3.18. The number of aromatic amines is 1. The van der Waals surface area contributed by atoms with Crippen LogP contribution in [0.15, 0.2) is 29.3 Å². The molecule has 0 spiro atoms. The normalized spacial score (nSPS) is 15.5. The Labute approximate surface area is 133 Å². The molecule has 3 aromatic heterocycles. The molecule has 0 aliphatic heterocycles. The lowest BCUT2D eigenvalue weighted by atomic mass is 10.1. The van der Waals surface area contributed by atoms with Gasteiger partial charge in [0.1, 0.15) is 11.2 Å². The first-order valence-corrected chi connectivity index (χ1v) is 8.09. The van der Waals surface area contributed by atoms with Crippen LogP contribution in [0.4, 0.5) is 0 Å². The van der Waals surface area contributed by atoms with Gasteiger partial charge in [-0.15, -0.1) is 0 Å². The zero-order valence-corrected chi connectivity index (χ0v) is 13.1. The van der Waals surface area contributed by atoms with Gasteiger partial charge < -0.3 is 4.98 Å². The Kier molecular flexibility index (Phi) is 3.44. The first kappa shape index (κ1) is 14.1. The summed E-state index contributed by atoms with van der Waals surface area (Å²) in [6, 6.07) is 4.29. The Bertz CT molecular complexity index is 905. The number of H-pyrrole nitrogens is 1. The maximum absolute atomic E-state index is 12.3. The molecule has 0 saturated heterocycles. The van der Waals surface area contributed by atoms with Crippen LogP contribution in [0.5, 0.6) is 0 Å². The zero-order valence-electron chi connectivity index (χ0n) is 13.1. The molecule has 1 N–H and O–H groups in total. The third-order valence-electron chi connectivity index (χ3n) is 4.64. The lowest BCUT2D eigenvalue weighted by molar-refractivity contribution is 0.478. The number of hydrogen-bond acceptors (Lipinski definition) is 4. The van der Waals surface area contributed by atoms with Crippen molar-refractivity contribution in [1.82, 2.24) is 24.7 Å². The highest BCUT2D eigenvalue weighted by molar-refractivity contribution is 5.73. The number of aryl methyl sites for hydroxylation is 1. The van der Waals surface area contributed by atoms with Crippen LogP contribution in [-0.2, 0) is 6.42 Å². The highest BCUT2D eigenvalue weighted by Crippen LogP contribution is 2.30. The summed E-state index contributed by atoms with van der Waals surface area (Å²) in [4.78, 5) is 24.3. The second kappa shape index (κ2) is 5.61. The van der Waals surface area contributed by atoms with Gasteiger partial charge in [-0.1, -0.05) is 18.9 Å². The van der Waals surface area contributed by atoms with E-state index in [1.54, 1.807) is 12.4 Å². The van der Waals surface area contributed by atoms with Crippen LogP contribution in [-0.4, -0.2) is 24.7 Å². The number of fused-ring (bicyclic) bond motifs is 1. The second-order valence-corrected chi connectivity index (χ2v) is 6.22. The molecule has 4 rings (SSSR count). The van der Waals surface area contributed by atoms with E-state index in [4.69, 9.17) is 0 Å². The summed E-state index contributed by atoms with van der Waals surface area (Å²) in [6.07, 6.45) is 8.58. The summed E-state index contributed by atoms with van der Waals surface area (Å²) in [5.74, 6) is 0.643. The van der Waals surface area contributed by atoms with E-state index in [2.05, 4.69) is 20.1 Å². The van der Waals surface area contributed by atoms with Crippen LogP contribution in [0.3, 0.4) is 0 Å². The largest absolute Gasteiger partial charge is 0.310 e. The standard InChI is InChI=1S/C17H19N5O/c1-11-5-4-8-18-14(11)9-15-20-16-13(17(23)21-15)10-19-22(16)12-6-2-3-7-12/h4-5,8,10,12H,2-3,6-7,9H2,1H3,(H,20,21,23). The van der Waals surface area contributed by atoms with Crippen LogP contribution in [0.1, 0.15) is 48.8 Å². The summed E-state index contributed by atoms with van der Waals surface area (Å²) in [5, 5.41) is 4.99. The fourth-order valence-electron chi connectivity index (χ4n) is 3.34. The van der Waals surface area contributed by atoms with Crippen molar-refractivity contribution in [2.75, 3.05) is 0 Å². The van der Waals surface area contributed by atoms with Crippen molar-refractivity contribution in [1.29, 1.82) is 0 Å². The molecule has 0 unspecified atom stereocenters. The van der Waals surface area contributed by atoms with Crippen molar-refractivity contribution >= 4 is 11.0 Å². The predicted octanol–water partition coefficient (Wildman–Crippen LogP) is 2.53. The fourth-order valence-corrected chi connectivity index (χ4v) is 3.34. The van der Waals surface area contributed by atoms with E-state index in [-0.39, 0.29) is 5.56 Å². The number of hydrogen-bond donors (Lipinski definition) is 1. The molecule has 1 aliphatic carbocycles. The Balaban J connectivity index is 1.77. The molecular formula is C17H19N5O. The highest BCUT2D eigenvalue weighted by Gasteiger charge is 2.21. The average molecular weight is 309 g/mol. The third-order valence-corrected chi connectivity index (χ3v) is 4.64. The zero-order chi connectivity index (χ0) is 15.8. The number of pyridine rings is 1. The molecular weight excluding hydrogens is 290 g/mol. The summed E-state index contributed by atoms with van der Waals surface area (Å²) >= 11 is 0. The van der Waals surface area contributed by atoms with Gasteiger partial charge in [-0.3, -0.25) is 9.78 Å². The van der Waals surface area contributed by atoms with E-state index < -0.39 is 0 Å². The van der Waals surface area contributed by atoms with Crippen molar-refractivity contribution in [3.05, 3.63) is 52.0 Å². The van der Waals surface area contributed by atoms with Gasteiger partial charge in [-0.25, -0.2) is 9.67 Å². The molecule has 3 aromatic rings. The van der Waals surface area contributed by atoms with Gasteiger partial charge in [0, 0.05) is 12.6 Å². The van der Waals surface area contributed by atoms with E-state index in [1.807, 2.05) is 23.7 Å². The molecule has 0 amide bonds. The van der Waals surface area contributed by atoms with E-state index in [0.29, 0.717) is 29.3 Å². The topological polar surface area (TPSA) is 76.5 Å². The third kappa shape index (κ3) is 2.54. The predicted molar refractivity (Wildman–Crippen MR) is 87.4 cm³/mol. The van der Waals surface area contributed by atoms with Crippen molar-refractivity contribution in [2.45, 2.75) is 45.1 Å². The smallest absolute Gasteiger partial charge is 0.262 e. The van der Waals surface area contributed by atoms with Gasteiger partial charge in [-0.05, 0) is 31.4 Å². The maximum atomic E-state index is 12.3. The lowest BCUT2D eigenvalue weighted by Gasteiger charge is -2.11. The van der Waals surface area contributed by atoms with Crippen molar-refractivity contribution in [3.63, 3.8) is 0 Å². The molecule has 1 aliphatic rings. The van der Waals surface area contributed by atoms with Crippen LogP contribution < -0.4 is 5.56 Å². The van der Waals surface area contributed by atoms with Crippen molar-refractivity contribution in [2.24, 2.45) is 0 Å². The van der Waals surface area contributed by atoms with Crippen LogP contribution in [0, 0.1) is 6.92 Å². The van der Waals surface area contributed by atoms with E-state index in [1.165, 1.54) is 12.8 Å². The molecule has 1 saturated carbocycles. The minimum atomic E-state index is -0.122. The number of aromatic nitrogens is 5. The minimum Gasteiger partial charge on any atom is -0.310 e. The van der Waals surface area contributed by atoms with Crippen LogP contribution >= 0.6 is 0 Å². The Morgan fingerprint density at radius 3 is 2.96 bits per heavy atom. The Morgan fingerprint density at radius 1 is 1.35 bits per heavy atom. The van der Waals surface area contributed by atoms with Crippen LogP contribution in [0.25, 0.3) is 11.0 Å². The molecule has 0 aromatic carbocycles. The van der Waals surface area contributed by atoms with Gasteiger partial charge in [0.25, 0.3) is 5.56 Å². The monoisotopic (exact) mass is 309 g/mol. The molecule has 6 heteroatoms. The highest BCUT2D eigenvalue weighted by atomic mass is 16.1. The summed E-state index contributed by atoms with van der Waals surface area (Å²) in [7, 11) is 0. The first-order valence-electron chi connectivity index (χ1n) is 8.09. The Morgan fingerprint density at radius 2 is 2.17 bits per heavy atom. The fraction of sp³-hybridized carbons (Fsp3) is 0.412. The Hall–Kier alpha value is -2.50. The lowest BCUT2D eigenvalue weighted by Crippen LogP contribution is -2.15. The minimum absolute atomic E-state index is 0.122. The van der Waals surface area contributed by atoms with Gasteiger partial charge in [0.2, 0.25) is 0 Å². The summed E-state index contributed by atoms with van der Waals surface area (Å²) in [5.41, 5.74) is 2.61. The molecule has 0 atom stereocenters. The van der Waals surface area contributed by atoms with E-state index in [0.717, 1.165) is 24.1 Å². The second-order valence-electron chi connectivity index (χ2n) is 6.22. The van der Waals surface area contributed by atoms with Crippen molar-refractivity contribution in [3.8, 4) is 0 Å². The molecule has 118 valence electrons. The van der Waals surface area contributed by atoms with Gasteiger partial charge in [-0.2, -0.15) is 5.10 Å². The van der Waals surface area contributed by atoms with Crippen LogP contribution in [0.2, 0.25) is 0 Å². The molecule has 0 bridgehead atoms. The van der Waals surface area contributed by atoms with E-state index >= 15 is 0 Å². The molecule has 23 heavy (non-hydrogen) atoms. The molecule has 0 radical (unpaired) electrons. The van der Waals surface area contributed by atoms with Gasteiger partial charge in [0.05, 0.1) is 17.9 Å². The summed E-state index contributed by atoms with van der Waals surface area (Å²) in [6.45, 7) is 2.02. The maximum Gasteiger partial charge on any atom is 0.262 e. The molecule has 6 nitrogen and oxygen atoms in total. The number of nitrogens with one attached hydrogen (secondary N) is 1. The first-order chi connectivity index (χ1) is 11.2.